The highest BCUT2D eigenvalue weighted by Crippen LogP contribution is 2.29. The maximum Gasteiger partial charge on any atom is 0.161 e. The normalized spacial score (nSPS) is 17.4. The summed E-state index contributed by atoms with van der Waals surface area (Å²) in [5, 5.41) is 0. The minimum Gasteiger partial charge on any atom is -0.490 e. The summed E-state index contributed by atoms with van der Waals surface area (Å²) in [7, 11) is 0. The Morgan fingerprint density at radius 2 is 2.08 bits per heavy atom. The fourth-order valence-corrected chi connectivity index (χ4v) is 2.90. The molecule has 1 unspecified atom stereocenters. The fourth-order valence-electron chi connectivity index (χ4n) is 2.90. The van der Waals surface area contributed by atoms with Crippen LogP contribution in [0.1, 0.15) is 30.1 Å². The van der Waals surface area contributed by atoms with Crippen molar-refractivity contribution in [2.45, 2.75) is 25.9 Å². The molecule has 5 nitrogen and oxygen atoms in total. The van der Waals surface area contributed by atoms with E-state index in [1.54, 1.807) is 12.3 Å². The molecule has 2 aromatic rings. The molecule has 2 heterocycles. The van der Waals surface area contributed by atoms with E-state index in [1.807, 2.05) is 37.3 Å². The minimum atomic E-state index is 0.0907. The predicted molar refractivity (Wildman–Crippen MR) is 93.1 cm³/mol. The van der Waals surface area contributed by atoms with Gasteiger partial charge in [0.25, 0.3) is 0 Å². The lowest BCUT2D eigenvalue weighted by molar-refractivity contribution is 0.112. The van der Waals surface area contributed by atoms with E-state index in [0.717, 1.165) is 49.5 Å². The lowest BCUT2D eigenvalue weighted by atomic mass is 10.1. The number of aromatic nitrogens is 1. The number of hydrogen-bond acceptors (Lipinski definition) is 5. The summed E-state index contributed by atoms with van der Waals surface area (Å²) in [6.07, 6.45) is 4.55. The average Bonchev–Trinajstić information content (AvgIpc) is 2.64. The summed E-state index contributed by atoms with van der Waals surface area (Å²) in [6, 6.07) is 11.5. The topological polar surface area (TPSA) is 51.7 Å². The zero-order chi connectivity index (χ0) is 16.8. The van der Waals surface area contributed by atoms with Crippen molar-refractivity contribution in [3.63, 3.8) is 0 Å². The quantitative estimate of drug-likeness (QED) is 0.762. The van der Waals surface area contributed by atoms with Gasteiger partial charge in [0, 0.05) is 18.3 Å². The van der Waals surface area contributed by atoms with Crippen LogP contribution < -0.4 is 14.4 Å². The third-order valence-corrected chi connectivity index (χ3v) is 4.05. The van der Waals surface area contributed by atoms with Gasteiger partial charge in [-0.2, -0.15) is 0 Å². The Morgan fingerprint density at radius 1 is 1.25 bits per heavy atom. The van der Waals surface area contributed by atoms with Crippen LogP contribution in [0, 0.1) is 0 Å². The molecule has 0 N–H and O–H groups in total. The second-order valence-corrected chi connectivity index (χ2v) is 5.78. The molecule has 1 fully saturated rings. The molecule has 126 valence electrons. The van der Waals surface area contributed by atoms with Crippen molar-refractivity contribution in [2.24, 2.45) is 0 Å². The Morgan fingerprint density at radius 3 is 2.79 bits per heavy atom. The standard InChI is InChI=1S/C19H22N2O3/c1-2-23-17-7-3-4-8-18(17)24-16-6-5-11-21(13-16)19-10-9-15(14-22)12-20-19/h3-4,7-10,12,14,16H,2,5-6,11,13H2,1H3. The number of ether oxygens (including phenoxy) is 2. The molecule has 0 radical (unpaired) electrons. The van der Waals surface area contributed by atoms with Crippen LogP contribution in [0.4, 0.5) is 5.82 Å². The number of pyridine rings is 1. The van der Waals surface area contributed by atoms with E-state index in [4.69, 9.17) is 9.47 Å². The van der Waals surface area contributed by atoms with Gasteiger partial charge in [-0.1, -0.05) is 12.1 Å². The SMILES string of the molecule is CCOc1ccccc1OC1CCCN(c2ccc(C=O)cn2)C1. The lowest BCUT2D eigenvalue weighted by Gasteiger charge is -2.34. The van der Waals surface area contributed by atoms with Crippen molar-refractivity contribution in [1.82, 2.24) is 4.98 Å². The number of carbonyl (C=O) groups excluding carboxylic acids is 1. The van der Waals surface area contributed by atoms with Gasteiger partial charge in [-0.05, 0) is 44.0 Å². The van der Waals surface area contributed by atoms with E-state index < -0.39 is 0 Å². The Hall–Kier alpha value is -2.56. The maximum atomic E-state index is 10.7. The van der Waals surface area contributed by atoms with Crippen molar-refractivity contribution in [3.8, 4) is 11.5 Å². The van der Waals surface area contributed by atoms with Crippen LogP contribution in [0.5, 0.6) is 11.5 Å². The fraction of sp³-hybridized carbons (Fsp3) is 0.368. The van der Waals surface area contributed by atoms with E-state index in [-0.39, 0.29) is 6.10 Å². The van der Waals surface area contributed by atoms with E-state index in [1.165, 1.54) is 0 Å². The Labute approximate surface area is 142 Å². The van der Waals surface area contributed by atoms with Crippen LogP contribution in [0.3, 0.4) is 0 Å². The summed E-state index contributed by atoms with van der Waals surface area (Å²) in [5.74, 6) is 2.45. The van der Waals surface area contributed by atoms with E-state index in [0.29, 0.717) is 12.2 Å². The molecule has 1 aliphatic heterocycles. The maximum absolute atomic E-state index is 10.7. The first-order valence-electron chi connectivity index (χ1n) is 8.35. The third-order valence-electron chi connectivity index (χ3n) is 4.05. The molecular formula is C19H22N2O3. The summed E-state index contributed by atoms with van der Waals surface area (Å²) in [4.78, 5) is 17.3. The molecule has 24 heavy (non-hydrogen) atoms. The van der Waals surface area contributed by atoms with E-state index >= 15 is 0 Å². The van der Waals surface area contributed by atoms with Crippen molar-refractivity contribution in [2.75, 3.05) is 24.6 Å². The number of benzene rings is 1. The number of carbonyl (C=O) groups is 1. The number of hydrogen-bond donors (Lipinski definition) is 0. The molecule has 1 saturated heterocycles. The van der Waals surface area contributed by atoms with Gasteiger partial charge in [0.15, 0.2) is 17.8 Å². The van der Waals surface area contributed by atoms with Crippen LogP contribution in [-0.4, -0.2) is 37.1 Å². The number of para-hydroxylation sites is 2. The average molecular weight is 326 g/mol. The highest BCUT2D eigenvalue weighted by Gasteiger charge is 2.23. The van der Waals surface area contributed by atoms with Gasteiger partial charge in [-0.25, -0.2) is 4.98 Å². The molecule has 0 bridgehead atoms. The summed E-state index contributed by atoms with van der Waals surface area (Å²) in [6.45, 7) is 4.30. The van der Waals surface area contributed by atoms with Crippen LogP contribution >= 0.6 is 0 Å². The van der Waals surface area contributed by atoms with Crippen LogP contribution in [0.2, 0.25) is 0 Å². The number of nitrogens with zero attached hydrogens (tertiary/aromatic N) is 2. The van der Waals surface area contributed by atoms with Gasteiger partial charge in [-0.3, -0.25) is 4.79 Å². The molecule has 3 rings (SSSR count). The molecule has 1 aromatic carbocycles. The molecule has 1 aliphatic rings. The van der Waals surface area contributed by atoms with Crippen molar-refractivity contribution in [1.29, 1.82) is 0 Å². The van der Waals surface area contributed by atoms with Crippen molar-refractivity contribution < 1.29 is 14.3 Å². The molecule has 1 atom stereocenters. The number of aldehydes is 1. The van der Waals surface area contributed by atoms with Crippen LogP contribution in [0.25, 0.3) is 0 Å². The highest BCUT2D eigenvalue weighted by atomic mass is 16.5. The molecular weight excluding hydrogens is 304 g/mol. The van der Waals surface area contributed by atoms with Gasteiger partial charge in [0.1, 0.15) is 11.9 Å². The number of anilines is 1. The smallest absolute Gasteiger partial charge is 0.161 e. The van der Waals surface area contributed by atoms with Crippen molar-refractivity contribution in [3.05, 3.63) is 48.2 Å². The first-order chi connectivity index (χ1) is 11.8. The van der Waals surface area contributed by atoms with Gasteiger partial charge >= 0.3 is 0 Å². The van der Waals surface area contributed by atoms with Crippen LogP contribution in [-0.2, 0) is 0 Å². The summed E-state index contributed by atoms with van der Waals surface area (Å²) >= 11 is 0. The largest absolute Gasteiger partial charge is 0.490 e. The van der Waals surface area contributed by atoms with Gasteiger partial charge in [-0.15, -0.1) is 0 Å². The van der Waals surface area contributed by atoms with Crippen LogP contribution in [0.15, 0.2) is 42.6 Å². The first kappa shape index (κ1) is 16.3. The number of piperidine rings is 1. The predicted octanol–water partition coefficient (Wildman–Crippen LogP) is 3.34. The van der Waals surface area contributed by atoms with Gasteiger partial charge in [0.05, 0.1) is 13.2 Å². The molecule has 0 spiro atoms. The molecule has 1 aromatic heterocycles. The molecule has 0 saturated carbocycles. The van der Waals surface area contributed by atoms with Crippen molar-refractivity contribution >= 4 is 12.1 Å². The summed E-state index contributed by atoms with van der Waals surface area (Å²) in [5.41, 5.74) is 0.592. The Kier molecular flexibility index (Phi) is 5.31. The monoisotopic (exact) mass is 326 g/mol. The second-order valence-electron chi connectivity index (χ2n) is 5.78. The van der Waals surface area contributed by atoms with Gasteiger partial charge in [0.2, 0.25) is 0 Å². The molecule has 0 aliphatic carbocycles. The number of rotatable bonds is 6. The minimum absolute atomic E-state index is 0.0907. The molecule has 5 heteroatoms. The first-order valence-corrected chi connectivity index (χ1v) is 8.35. The Balaban J connectivity index is 1.68. The van der Waals surface area contributed by atoms with E-state index in [9.17, 15) is 4.79 Å². The highest BCUT2D eigenvalue weighted by molar-refractivity contribution is 5.74. The lowest BCUT2D eigenvalue weighted by Crippen LogP contribution is -2.41. The van der Waals surface area contributed by atoms with Gasteiger partial charge < -0.3 is 14.4 Å². The summed E-state index contributed by atoms with van der Waals surface area (Å²) < 4.78 is 11.8. The second kappa shape index (κ2) is 7.81. The zero-order valence-electron chi connectivity index (χ0n) is 13.9. The zero-order valence-corrected chi connectivity index (χ0v) is 13.9. The van der Waals surface area contributed by atoms with E-state index in [2.05, 4.69) is 9.88 Å². The Bertz CT molecular complexity index is 673. The third kappa shape index (κ3) is 3.85. The molecule has 0 amide bonds.